The lowest BCUT2D eigenvalue weighted by molar-refractivity contribution is -0.139. The van der Waals surface area contributed by atoms with Crippen LogP contribution in [0.25, 0.3) is 0 Å². The highest BCUT2D eigenvalue weighted by Crippen LogP contribution is 2.18. The summed E-state index contributed by atoms with van der Waals surface area (Å²) < 4.78 is 35.3. The Bertz CT molecular complexity index is 642. The first-order valence-electron chi connectivity index (χ1n) is 6.45. The number of benzene rings is 1. The predicted molar refractivity (Wildman–Crippen MR) is 77.5 cm³/mol. The van der Waals surface area contributed by atoms with Gasteiger partial charge in [-0.3, -0.25) is 9.35 Å². The molecule has 0 bridgehead atoms. The summed E-state index contributed by atoms with van der Waals surface area (Å²) in [4.78, 5) is 23.2. The number of carboxylic acids is 1. The molecule has 0 aliphatic heterocycles. The van der Waals surface area contributed by atoms with Crippen molar-refractivity contribution < 1.29 is 32.4 Å². The van der Waals surface area contributed by atoms with Gasteiger partial charge in [0.2, 0.25) is 0 Å². The first kappa shape index (κ1) is 17.9. The molecule has 8 nitrogen and oxygen atoms in total. The molecule has 1 rings (SSSR count). The molecule has 1 aromatic carbocycles. The second kappa shape index (κ2) is 7.76. The maximum absolute atomic E-state index is 12.1. The van der Waals surface area contributed by atoms with Crippen molar-refractivity contribution in [1.29, 1.82) is 0 Å². The van der Waals surface area contributed by atoms with Gasteiger partial charge in [0, 0.05) is 0 Å². The van der Waals surface area contributed by atoms with E-state index in [1.54, 1.807) is 25.1 Å². The van der Waals surface area contributed by atoms with Crippen molar-refractivity contribution in [3.05, 3.63) is 29.8 Å². The van der Waals surface area contributed by atoms with Crippen molar-refractivity contribution in [3.63, 3.8) is 0 Å². The number of amides is 1. The van der Waals surface area contributed by atoms with Gasteiger partial charge < -0.3 is 15.2 Å². The van der Waals surface area contributed by atoms with Gasteiger partial charge in [-0.25, -0.2) is 4.79 Å². The number of carboxylic acid groups (broad SMARTS) is 1. The largest absolute Gasteiger partial charge is 0.493 e. The van der Waals surface area contributed by atoms with Crippen molar-refractivity contribution in [3.8, 4) is 5.75 Å². The summed E-state index contributed by atoms with van der Waals surface area (Å²) in [5, 5.41) is 11.2. The van der Waals surface area contributed by atoms with Crippen molar-refractivity contribution in [2.75, 3.05) is 12.4 Å². The normalized spacial score (nSPS) is 12.5. The van der Waals surface area contributed by atoms with E-state index >= 15 is 0 Å². The van der Waals surface area contributed by atoms with Crippen molar-refractivity contribution >= 4 is 22.0 Å². The van der Waals surface area contributed by atoms with E-state index in [9.17, 15) is 18.0 Å². The molecule has 0 spiro atoms. The zero-order valence-corrected chi connectivity index (χ0v) is 12.7. The van der Waals surface area contributed by atoms with Gasteiger partial charge in [0.15, 0.2) is 0 Å². The van der Waals surface area contributed by atoms with Gasteiger partial charge >= 0.3 is 5.97 Å². The van der Waals surface area contributed by atoms with E-state index in [1.165, 1.54) is 6.07 Å². The quantitative estimate of drug-likeness (QED) is 0.593. The Hall–Kier alpha value is -2.13. The maximum atomic E-state index is 12.1. The second-order valence-electron chi connectivity index (χ2n) is 4.37. The molecular formula is C13H17NO7S. The molecule has 9 heteroatoms. The number of rotatable bonds is 8. The van der Waals surface area contributed by atoms with E-state index in [2.05, 4.69) is 5.32 Å². The van der Waals surface area contributed by atoms with E-state index in [0.29, 0.717) is 12.4 Å². The molecule has 22 heavy (non-hydrogen) atoms. The Morgan fingerprint density at radius 2 is 1.95 bits per heavy atom. The van der Waals surface area contributed by atoms with E-state index in [-0.39, 0.29) is 5.56 Å². The Kier molecular flexibility index (Phi) is 6.32. The lowest BCUT2D eigenvalue weighted by Gasteiger charge is -2.15. The lowest BCUT2D eigenvalue weighted by atomic mass is 10.1. The Labute approximate surface area is 127 Å². The zero-order valence-electron chi connectivity index (χ0n) is 11.9. The van der Waals surface area contributed by atoms with Gasteiger partial charge in [-0.2, -0.15) is 8.42 Å². The third kappa shape index (κ3) is 5.70. The Morgan fingerprint density at radius 1 is 1.32 bits per heavy atom. The van der Waals surface area contributed by atoms with Crippen LogP contribution in [-0.4, -0.2) is 48.4 Å². The molecule has 3 N–H and O–H groups in total. The van der Waals surface area contributed by atoms with Crippen LogP contribution in [0.2, 0.25) is 0 Å². The minimum absolute atomic E-state index is 0.141. The standard InChI is InChI=1S/C13H17NO7S/c1-2-21-11-6-4-3-5-9(11)12(15)14-10(13(16)17)7-8-22(18,19)20/h3-6,10H,2,7-8H2,1H3,(H,14,15)(H,16,17)(H,18,19,20)/t10-/m0/s1. The molecule has 0 aromatic heterocycles. The number of para-hydroxylation sites is 1. The van der Waals surface area contributed by atoms with Crippen LogP contribution >= 0.6 is 0 Å². The molecule has 1 amide bonds. The van der Waals surface area contributed by atoms with Crippen LogP contribution in [0.15, 0.2) is 24.3 Å². The van der Waals surface area contributed by atoms with E-state index in [4.69, 9.17) is 14.4 Å². The molecule has 0 aliphatic carbocycles. The number of hydrogen-bond donors (Lipinski definition) is 3. The molecule has 0 radical (unpaired) electrons. The molecular weight excluding hydrogens is 314 g/mol. The molecule has 1 aromatic rings. The van der Waals surface area contributed by atoms with Crippen LogP contribution in [-0.2, 0) is 14.9 Å². The van der Waals surface area contributed by atoms with Gasteiger partial charge in [0.25, 0.3) is 16.0 Å². The maximum Gasteiger partial charge on any atom is 0.326 e. The molecule has 0 saturated heterocycles. The summed E-state index contributed by atoms with van der Waals surface area (Å²) in [5.74, 6) is -2.57. The lowest BCUT2D eigenvalue weighted by Crippen LogP contribution is -2.42. The summed E-state index contributed by atoms with van der Waals surface area (Å²) >= 11 is 0. The van der Waals surface area contributed by atoms with Crippen LogP contribution in [0, 0.1) is 0 Å². The highest BCUT2D eigenvalue weighted by Gasteiger charge is 2.24. The van der Waals surface area contributed by atoms with Crippen LogP contribution in [0.4, 0.5) is 0 Å². The van der Waals surface area contributed by atoms with Crippen LogP contribution < -0.4 is 10.1 Å². The summed E-state index contributed by atoms with van der Waals surface area (Å²) in [6, 6.07) is 4.83. The van der Waals surface area contributed by atoms with Crippen LogP contribution in [0.1, 0.15) is 23.7 Å². The molecule has 0 aliphatic rings. The molecule has 122 valence electrons. The third-order valence-corrected chi connectivity index (χ3v) is 3.45. The van der Waals surface area contributed by atoms with E-state index in [1.807, 2.05) is 0 Å². The molecule has 0 fully saturated rings. The second-order valence-corrected chi connectivity index (χ2v) is 5.94. The average molecular weight is 331 g/mol. The summed E-state index contributed by atoms with van der Waals surface area (Å²) in [5.41, 5.74) is 0.141. The van der Waals surface area contributed by atoms with Gasteiger partial charge in [0.05, 0.1) is 17.9 Å². The smallest absolute Gasteiger partial charge is 0.326 e. The van der Waals surface area contributed by atoms with Crippen molar-refractivity contribution in [2.24, 2.45) is 0 Å². The van der Waals surface area contributed by atoms with Crippen molar-refractivity contribution in [2.45, 2.75) is 19.4 Å². The van der Waals surface area contributed by atoms with Gasteiger partial charge in [-0.1, -0.05) is 12.1 Å². The predicted octanol–water partition coefficient (Wildman–Crippen LogP) is 0.546. The molecule has 1 atom stereocenters. The highest BCUT2D eigenvalue weighted by atomic mass is 32.2. The number of nitrogens with one attached hydrogen (secondary N) is 1. The fourth-order valence-corrected chi connectivity index (χ4v) is 2.23. The monoisotopic (exact) mass is 331 g/mol. The SMILES string of the molecule is CCOc1ccccc1C(=O)N[C@@H](CCS(=O)(=O)O)C(=O)O. The fourth-order valence-electron chi connectivity index (χ4n) is 1.70. The summed E-state index contributed by atoms with van der Waals surface area (Å²) in [6.45, 7) is 2.07. The van der Waals surface area contributed by atoms with Crippen LogP contribution in [0.5, 0.6) is 5.75 Å². The molecule has 0 heterocycles. The topological polar surface area (TPSA) is 130 Å². The molecule has 0 unspecified atom stereocenters. The van der Waals surface area contributed by atoms with Gasteiger partial charge in [-0.15, -0.1) is 0 Å². The number of hydrogen-bond acceptors (Lipinski definition) is 5. The number of ether oxygens (including phenoxy) is 1. The Balaban J connectivity index is 2.85. The van der Waals surface area contributed by atoms with E-state index in [0.717, 1.165) is 0 Å². The fraction of sp³-hybridized carbons (Fsp3) is 0.385. The molecule has 0 saturated carbocycles. The van der Waals surface area contributed by atoms with Crippen LogP contribution in [0.3, 0.4) is 0 Å². The highest BCUT2D eigenvalue weighted by molar-refractivity contribution is 7.85. The zero-order chi connectivity index (χ0) is 16.8. The summed E-state index contributed by atoms with van der Waals surface area (Å²) in [7, 11) is -4.31. The minimum Gasteiger partial charge on any atom is -0.493 e. The summed E-state index contributed by atoms with van der Waals surface area (Å²) in [6.07, 6.45) is -0.448. The first-order chi connectivity index (χ1) is 10.2. The van der Waals surface area contributed by atoms with Gasteiger partial charge in [-0.05, 0) is 25.5 Å². The number of carbonyl (C=O) groups excluding carboxylic acids is 1. The number of aliphatic carboxylic acids is 1. The Morgan fingerprint density at radius 3 is 2.50 bits per heavy atom. The first-order valence-corrected chi connectivity index (χ1v) is 8.06. The van der Waals surface area contributed by atoms with E-state index < -0.39 is 40.2 Å². The van der Waals surface area contributed by atoms with Crippen molar-refractivity contribution in [1.82, 2.24) is 5.32 Å². The number of carbonyl (C=O) groups is 2. The average Bonchev–Trinajstić information content (AvgIpc) is 2.42. The minimum atomic E-state index is -4.31. The van der Waals surface area contributed by atoms with Gasteiger partial charge in [0.1, 0.15) is 11.8 Å². The third-order valence-electron chi connectivity index (χ3n) is 2.70.